The highest BCUT2D eigenvalue weighted by Gasteiger charge is 2.25. The van der Waals surface area contributed by atoms with Crippen molar-refractivity contribution in [1.29, 1.82) is 0 Å². The molecule has 0 bridgehead atoms. The Kier molecular flexibility index (Phi) is 3.71. The monoisotopic (exact) mass is 269 g/mol. The lowest BCUT2D eigenvalue weighted by molar-refractivity contribution is -0.136. The normalized spacial score (nSPS) is 23.4. The molecular weight excluding hydrogens is 258 g/mol. The van der Waals surface area contributed by atoms with Crippen molar-refractivity contribution in [1.82, 2.24) is 4.72 Å². The fraction of sp³-hybridized carbons (Fsp3) is 0.571. The van der Waals surface area contributed by atoms with Gasteiger partial charge in [0, 0.05) is 5.41 Å². The van der Waals surface area contributed by atoms with Gasteiger partial charge in [-0.15, -0.1) is 0 Å². The number of aliphatic carboxylic acids is 1. The molecule has 0 aromatic rings. The average Bonchev–Trinajstić information content (AvgIpc) is 2.41. The van der Waals surface area contributed by atoms with E-state index in [-0.39, 0.29) is 5.75 Å². The Morgan fingerprint density at radius 3 is 2.56 bits per heavy atom. The van der Waals surface area contributed by atoms with Crippen LogP contribution in [0.1, 0.15) is 6.42 Å². The van der Waals surface area contributed by atoms with E-state index in [1.54, 1.807) is 0 Å². The molecule has 0 fully saturated rings. The van der Waals surface area contributed by atoms with E-state index in [0.717, 1.165) is 5.41 Å². The van der Waals surface area contributed by atoms with Gasteiger partial charge in [0.1, 0.15) is 0 Å². The summed E-state index contributed by atoms with van der Waals surface area (Å²) in [6, 6.07) is -0.802. The van der Waals surface area contributed by atoms with Gasteiger partial charge in [0.15, 0.2) is 9.84 Å². The van der Waals surface area contributed by atoms with Gasteiger partial charge in [0.25, 0.3) is 0 Å². The molecule has 0 aromatic carbocycles. The Bertz CT molecular complexity index is 503. The molecule has 16 heavy (non-hydrogen) atoms. The van der Waals surface area contributed by atoms with Gasteiger partial charge < -0.3 is 5.11 Å². The molecular formula is C7H11NO6S2. The number of carboxylic acid groups (broad SMARTS) is 1. The van der Waals surface area contributed by atoms with Crippen LogP contribution in [0.5, 0.6) is 0 Å². The van der Waals surface area contributed by atoms with Crippen molar-refractivity contribution < 1.29 is 26.7 Å². The van der Waals surface area contributed by atoms with Gasteiger partial charge in [0.2, 0.25) is 10.0 Å². The molecule has 0 aliphatic carbocycles. The Balaban J connectivity index is 2.55. The fourth-order valence-electron chi connectivity index (χ4n) is 1.16. The molecule has 0 saturated heterocycles. The fourth-order valence-corrected chi connectivity index (χ4v) is 3.69. The van der Waals surface area contributed by atoms with Crippen molar-refractivity contribution >= 4 is 25.8 Å². The van der Waals surface area contributed by atoms with E-state index < -0.39 is 44.0 Å². The third-order valence-corrected chi connectivity index (χ3v) is 4.64. The first kappa shape index (κ1) is 13.1. The first-order valence-electron chi connectivity index (χ1n) is 4.33. The first-order chi connectivity index (χ1) is 7.20. The quantitative estimate of drug-likeness (QED) is 0.640. The minimum absolute atomic E-state index is 0.320. The largest absolute Gasteiger partial charge is 0.481 e. The Hall–Kier alpha value is -0.930. The van der Waals surface area contributed by atoms with E-state index in [1.165, 1.54) is 6.08 Å². The molecule has 1 aliphatic heterocycles. The number of rotatable bonds is 5. The maximum absolute atomic E-state index is 11.3. The van der Waals surface area contributed by atoms with Crippen molar-refractivity contribution in [3.05, 3.63) is 11.5 Å². The van der Waals surface area contributed by atoms with Crippen LogP contribution in [0.3, 0.4) is 0 Å². The summed E-state index contributed by atoms with van der Waals surface area (Å²) in [5.41, 5.74) is 0. The van der Waals surface area contributed by atoms with E-state index in [1.807, 2.05) is 0 Å². The number of sulfone groups is 1. The molecule has 1 rings (SSSR count). The molecule has 2 N–H and O–H groups in total. The smallest absolute Gasteiger partial charge is 0.304 e. The Morgan fingerprint density at radius 1 is 1.50 bits per heavy atom. The lowest BCUT2D eigenvalue weighted by Gasteiger charge is -2.09. The van der Waals surface area contributed by atoms with Crippen LogP contribution in [0.4, 0.5) is 0 Å². The predicted octanol–water partition coefficient (Wildman–Crippen LogP) is -1.31. The molecule has 0 saturated carbocycles. The van der Waals surface area contributed by atoms with Gasteiger partial charge in [0.05, 0.1) is 24.0 Å². The zero-order valence-corrected chi connectivity index (χ0v) is 9.79. The van der Waals surface area contributed by atoms with Gasteiger partial charge in [-0.3, -0.25) is 4.79 Å². The molecule has 1 aliphatic rings. The second kappa shape index (κ2) is 4.52. The SMILES string of the molecule is O=C(O)CCS(=O)(=O)NC1C=CS(=O)(=O)C1. The number of carbonyl (C=O) groups is 1. The van der Waals surface area contributed by atoms with Crippen molar-refractivity contribution in [2.45, 2.75) is 12.5 Å². The summed E-state index contributed by atoms with van der Waals surface area (Å²) in [4.78, 5) is 10.2. The summed E-state index contributed by atoms with van der Waals surface area (Å²) < 4.78 is 46.7. The van der Waals surface area contributed by atoms with Gasteiger partial charge in [-0.25, -0.2) is 21.6 Å². The van der Waals surface area contributed by atoms with Gasteiger partial charge >= 0.3 is 5.97 Å². The highest BCUT2D eigenvalue weighted by atomic mass is 32.2. The number of carboxylic acids is 1. The lowest BCUT2D eigenvalue weighted by atomic mass is 10.4. The molecule has 0 radical (unpaired) electrons. The second-order valence-corrected chi connectivity index (χ2v) is 7.15. The van der Waals surface area contributed by atoms with Crippen LogP contribution in [0.15, 0.2) is 11.5 Å². The third-order valence-electron chi connectivity index (χ3n) is 1.85. The van der Waals surface area contributed by atoms with Crippen LogP contribution in [0.25, 0.3) is 0 Å². The van der Waals surface area contributed by atoms with Crippen LogP contribution in [-0.4, -0.2) is 45.5 Å². The maximum atomic E-state index is 11.3. The third kappa shape index (κ3) is 4.29. The summed E-state index contributed by atoms with van der Waals surface area (Å²) in [6.07, 6.45) is 0.714. The molecule has 0 spiro atoms. The summed E-state index contributed by atoms with van der Waals surface area (Å²) in [6.45, 7) is 0. The van der Waals surface area contributed by atoms with Crippen molar-refractivity contribution in [2.75, 3.05) is 11.5 Å². The second-order valence-electron chi connectivity index (χ2n) is 3.35. The summed E-state index contributed by atoms with van der Waals surface area (Å²) in [5, 5.41) is 9.26. The van der Waals surface area contributed by atoms with E-state index >= 15 is 0 Å². The first-order valence-corrected chi connectivity index (χ1v) is 7.70. The van der Waals surface area contributed by atoms with E-state index in [4.69, 9.17) is 5.11 Å². The highest BCUT2D eigenvalue weighted by Crippen LogP contribution is 2.09. The number of hydrogen-bond donors (Lipinski definition) is 2. The molecule has 1 atom stereocenters. The standard InChI is InChI=1S/C7H11NO6S2/c9-7(10)2-4-16(13,14)8-6-1-3-15(11,12)5-6/h1,3,6,8H,2,4-5H2,(H,9,10). The van der Waals surface area contributed by atoms with Crippen LogP contribution >= 0.6 is 0 Å². The molecule has 0 aromatic heterocycles. The minimum Gasteiger partial charge on any atom is -0.481 e. The van der Waals surface area contributed by atoms with Crippen LogP contribution < -0.4 is 4.72 Å². The number of sulfonamides is 1. The van der Waals surface area contributed by atoms with E-state index in [0.29, 0.717) is 0 Å². The van der Waals surface area contributed by atoms with Gasteiger partial charge in [-0.2, -0.15) is 0 Å². The summed E-state index contributed by atoms with van der Waals surface area (Å²) >= 11 is 0. The molecule has 9 heteroatoms. The number of hydrogen-bond acceptors (Lipinski definition) is 5. The zero-order chi connectivity index (χ0) is 12.4. The molecule has 0 amide bonds. The average molecular weight is 269 g/mol. The van der Waals surface area contributed by atoms with Crippen LogP contribution in [-0.2, 0) is 24.7 Å². The van der Waals surface area contributed by atoms with Gasteiger partial charge in [-0.05, 0) is 0 Å². The van der Waals surface area contributed by atoms with Crippen molar-refractivity contribution in [2.24, 2.45) is 0 Å². The summed E-state index contributed by atoms with van der Waals surface area (Å²) in [5.74, 6) is -2.11. The van der Waals surface area contributed by atoms with Crippen LogP contribution in [0, 0.1) is 0 Å². The van der Waals surface area contributed by atoms with E-state index in [9.17, 15) is 21.6 Å². The predicted molar refractivity (Wildman–Crippen MR) is 55.9 cm³/mol. The maximum Gasteiger partial charge on any atom is 0.304 e. The molecule has 1 unspecified atom stereocenters. The zero-order valence-electron chi connectivity index (χ0n) is 8.16. The minimum atomic E-state index is -3.76. The van der Waals surface area contributed by atoms with Crippen molar-refractivity contribution in [3.8, 4) is 0 Å². The Labute approximate surface area is 93.1 Å². The lowest BCUT2D eigenvalue weighted by Crippen LogP contribution is -2.37. The summed E-state index contributed by atoms with van der Waals surface area (Å²) in [7, 11) is -7.08. The van der Waals surface area contributed by atoms with E-state index in [2.05, 4.69) is 4.72 Å². The topological polar surface area (TPSA) is 118 Å². The number of nitrogens with one attached hydrogen (secondary N) is 1. The van der Waals surface area contributed by atoms with Crippen molar-refractivity contribution in [3.63, 3.8) is 0 Å². The van der Waals surface area contributed by atoms with Crippen LogP contribution in [0.2, 0.25) is 0 Å². The molecule has 1 heterocycles. The van der Waals surface area contributed by atoms with Gasteiger partial charge in [-0.1, -0.05) is 6.08 Å². The highest BCUT2D eigenvalue weighted by molar-refractivity contribution is 7.94. The molecule has 92 valence electrons. The molecule has 7 nitrogen and oxygen atoms in total. The Morgan fingerprint density at radius 2 is 2.12 bits per heavy atom.